The summed E-state index contributed by atoms with van der Waals surface area (Å²) in [6, 6.07) is 6.04. The number of amides is 1. The minimum absolute atomic E-state index is 0.149. The van der Waals surface area contributed by atoms with Gasteiger partial charge in [-0.15, -0.1) is 0 Å². The van der Waals surface area contributed by atoms with Crippen LogP contribution in [0.1, 0.15) is 44.8 Å². The Kier molecular flexibility index (Phi) is 4.36. The van der Waals surface area contributed by atoms with Crippen molar-refractivity contribution in [1.82, 2.24) is 4.90 Å². The third-order valence-corrected chi connectivity index (χ3v) is 4.67. The number of hydrogen-bond acceptors (Lipinski definition) is 4. The number of aliphatic hydroxyl groups excluding tert-OH is 1. The van der Waals surface area contributed by atoms with E-state index < -0.39 is 12.2 Å². The van der Waals surface area contributed by atoms with E-state index in [-0.39, 0.29) is 5.91 Å². The smallest absolute Gasteiger partial charge is 0.265 e. The van der Waals surface area contributed by atoms with E-state index in [1.54, 1.807) is 6.92 Å². The number of nitrogens with zero attached hydrogens (tertiary/aromatic N) is 1. The fourth-order valence-corrected chi connectivity index (χ4v) is 3.19. The van der Waals surface area contributed by atoms with E-state index in [1.165, 1.54) is 19.3 Å². The Bertz CT molecular complexity index is 561. The van der Waals surface area contributed by atoms with Crippen LogP contribution in [0.3, 0.4) is 0 Å². The van der Waals surface area contributed by atoms with Gasteiger partial charge < -0.3 is 15.2 Å². The lowest BCUT2D eigenvalue weighted by molar-refractivity contribution is -0.122. The van der Waals surface area contributed by atoms with Crippen LogP contribution in [0.5, 0.6) is 5.75 Å². The molecule has 1 amide bonds. The largest absolute Gasteiger partial charge is 0.479 e. The maximum atomic E-state index is 11.7. The molecule has 2 N–H and O–H groups in total. The van der Waals surface area contributed by atoms with Crippen molar-refractivity contribution < 1.29 is 14.6 Å². The zero-order chi connectivity index (χ0) is 15.7. The first-order chi connectivity index (χ1) is 10.5. The van der Waals surface area contributed by atoms with Crippen LogP contribution in [0.2, 0.25) is 0 Å². The Labute approximate surface area is 131 Å². The summed E-state index contributed by atoms with van der Waals surface area (Å²) >= 11 is 0. The number of carbonyl (C=O) groups is 1. The lowest BCUT2D eigenvalue weighted by Crippen LogP contribution is -2.40. The summed E-state index contributed by atoms with van der Waals surface area (Å²) in [5.41, 5.74) is 1.46. The van der Waals surface area contributed by atoms with E-state index in [4.69, 9.17) is 4.74 Å². The molecule has 3 unspecified atom stereocenters. The molecule has 2 aliphatic heterocycles. The van der Waals surface area contributed by atoms with Crippen molar-refractivity contribution in [1.29, 1.82) is 0 Å². The van der Waals surface area contributed by atoms with Crippen molar-refractivity contribution >= 4 is 11.6 Å². The molecule has 0 aromatic heterocycles. The van der Waals surface area contributed by atoms with Gasteiger partial charge in [-0.1, -0.05) is 12.5 Å². The molecule has 3 rings (SSSR count). The quantitative estimate of drug-likeness (QED) is 0.899. The Hall–Kier alpha value is -1.59. The van der Waals surface area contributed by atoms with E-state index in [2.05, 4.69) is 17.1 Å². The molecule has 1 aromatic carbocycles. The molecule has 0 radical (unpaired) electrons. The molecule has 120 valence electrons. The maximum Gasteiger partial charge on any atom is 0.265 e. The Morgan fingerprint density at radius 2 is 2.23 bits per heavy atom. The van der Waals surface area contributed by atoms with Crippen LogP contribution < -0.4 is 10.1 Å². The number of fused-ring (bicyclic) bond motifs is 1. The van der Waals surface area contributed by atoms with Crippen LogP contribution >= 0.6 is 0 Å². The number of hydrogen-bond donors (Lipinski definition) is 2. The number of anilines is 1. The van der Waals surface area contributed by atoms with Crippen LogP contribution in [0.25, 0.3) is 0 Å². The molecule has 5 nitrogen and oxygen atoms in total. The van der Waals surface area contributed by atoms with Gasteiger partial charge in [-0.3, -0.25) is 9.69 Å². The van der Waals surface area contributed by atoms with Gasteiger partial charge in [0.1, 0.15) is 5.75 Å². The number of benzene rings is 1. The zero-order valence-corrected chi connectivity index (χ0v) is 13.2. The van der Waals surface area contributed by atoms with E-state index >= 15 is 0 Å². The molecule has 5 heteroatoms. The van der Waals surface area contributed by atoms with Gasteiger partial charge in [-0.25, -0.2) is 0 Å². The molecule has 0 saturated carbocycles. The molecular formula is C17H24N2O3. The average Bonchev–Trinajstić information content (AvgIpc) is 2.50. The SMILES string of the molecule is CC1Oc2ccc(C(O)CN3CCCCC3C)cc2NC1=O. The number of ether oxygens (including phenoxy) is 1. The van der Waals surface area contributed by atoms with E-state index in [0.717, 1.165) is 12.1 Å². The molecule has 2 aliphatic rings. The monoisotopic (exact) mass is 304 g/mol. The summed E-state index contributed by atoms with van der Waals surface area (Å²) in [6.45, 7) is 5.61. The van der Waals surface area contributed by atoms with Gasteiger partial charge in [-0.2, -0.15) is 0 Å². The summed E-state index contributed by atoms with van der Waals surface area (Å²) in [5.74, 6) is 0.512. The zero-order valence-electron chi connectivity index (χ0n) is 13.2. The Morgan fingerprint density at radius 3 is 3.00 bits per heavy atom. The number of carbonyl (C=O) groups excluding carboxylic acids is 1. The van der Waals surface area contributed by atoms with E-state index in [9.17, 15) is 9.90 Å². The van der Waals surface area contributed by atoms with E-state index in [1.807, 2.05) is 18.2 Å². The van der Waals surface area contributed by atoms with Gasteiger partial charge >= 0.3 is 0 Å². The predicted octanol–water partition coefficient (Wildman–Crippen LogP) is 2.31. The highest BCUT2D eigenvalue weighted by molar-refractivity contribution is 5.97. The van der Waals surface area contributed by atoms with Gasteiger partial charge in [-0.05, 0) is 50.9 Å². The molecule has 0 aliphatic carbocycles. The van der Waals surface area contributed by atoms with E-state index in [0.29, 0.717) is 24.0 Å². The van der Waals surface area contributed by atoms with Crippen LogP contribution in [-0.4, -0.2) is 41.1 Å². The number of likely N-dealkylation sites (tertiary alicyclic amines) is 1. The molecule has 1 aromatic rings. The lowest BCUT2D eigenvalue weighted by atomic mass is 10.0. The van der Waals surface area contributed by atoms with Gasteiger partial charge in [0.2, 0.25) is 0 Å². The highest BCUT2D eigenvalue weighted by Gasteiger charge is 2.26. The fraction of sp³-hybridized carbons (Fsp3) is 0.588. The summed E-state index contributed by atoms with van der Waals surface area (Å²) in [6.07, 6.45) is 2.63. The lowest BCUT2D eigenvalue weighted by Gasteiger charge is -2.35. The second-order valence-corrected chi connectivity index (χ2v) is 6.36. The number of piperidine rings is 1. The maximum absolute atomic E-state index is 11.7. The second-order valence-electron chi connectivity index (χ2n) is 6.36. The van der Waals surface area contributed by atoms with Gasteiger partial charge in [0.25, 0.3) is 5.91 Å². The summed E-state index contributed by atoms with van der Waals surface area (Å²) in [4.78, 5) is 14.0. The molecular weight excluding hydrogens is 280 g/mol. The van der Waals surface area contributed by atoms with Crippen molar-refractivity contribution in [2.75, 3.05) is 18.4 Å². The number of rotatable bonds is 3. The van der Waals surface area contributed by atoms with Gasteiger partial charge in [0.05, 0.1) is 11.8 Å². The molecule has 2 heterocycles. The van der Waals surface area contributed by atoms with Crippen molar-refractivity contribution in [3.63, 3.8) is 0 Å². The van der Waals surface area contributed by atoms with Crippen LogP contribution in [-0.2, 0) is 4.79 Å². The molecule has 1 saturated heterocycles. The first-order valence-corrected chi connectivity index (χ1v) is 8.08. The molecule has 22 heavy (non-hydrogen) atoms. The normalized spacial score (nSPS) is 26.8. The minimum atomic E-state index is -0.554. The van der Waals surface area contributed by atoms with Crippen LogP contribution in [0.15, 0.2) is 18.2 Å². The van der Waals surface area contributed by atoms with Crippen LogP contribution in [0.4, 0.5) is 5.69 Å². The van der Waals surface area contributed by atoms with Gasteiger partial charge in [0, 0.05) is 12.6 Å². The number of nitrogens with one attached hydrogen (secondary N) is 1. The highest BCUT2D eigenvalue weighted by atomic mass is 16.5. The first kappa shape index (κ1) is 15.3. The summed E-state index contributed by atoms with van der Waals surface area (Å²) in [5, 5.41) is 13.3. The number of aliphatic hydroxyl groups is 1. The van der Waals surface area contributed by atoms with Crippen molar-refractivity contribution in [3.05, 3.63) is 23.8 Å². The third-order valence-electron chi connectivity index (χ3n) is 4.67. The highest BCUT2D eigenvalue weighted by Crippen LogP contribution is 2.32. The van der Waals surface area contributed by atoms with Crippen molar-refractivity contribution in [3.8, 4) is 5.75 Å². The second kappa shape index (κ2) is 6.26. The van der Waals surface area contributed by atoms with Crippen LogP contribution in [0, 0.1) is 0 Å². The Balaban J connectivity index is 1.72. The summed E-state index contributed by atoms with van der Waals surface area (Å²) < 4.78 is 5.54. The predicted molar refractivity (Wildman–Crippen MR) is 85.0 cm³/mol. The standard InChI is InChI=1S/C17H24N2O3/c1-11-5-3-4-8-19(11)10-15(20)13-6-7-16-14(9-13)18-17(21)12(2)22-16/h6-7,9,11-12,15,20H,3-5,8,10H2,1-2H3,(H,18,21). The number of β-amino-alcohol motifs (C(OH)–C–C–N with tert-alkyl or cyclic N) is 1. The molecule has 0 bridgehead atoms. The molecule has 1 fully saturated rings. The minimum Gasteiger partial charge on any atom is -0.479 e. The Morgan fingerprint density at radius 1 is 1.41 bits per heavy atom. The third kappa shape index (κ3) is 3.10. The van der Waals surface area contributed by atoms with Crippen molar-refractivity contribution in [2.45, 2.75) is 51.4 Å². The topological polar surface area (TPSA) is 61.8 Å². The molecule has 3 atom stereocenters. The average molecular weight is 304 g/mol. The summed E-state index contributed by atoms with van der Waals surface area (Å²) in [7, 11) is 0. The van der Waals surface area contributed by atoms with Gasteiger partial charge in [0.15, 0.2) is 6.10 Å². The van der Waals surface area contributed by atoms with Crippen molar-refractivity contribution in [2.24, 2.45) is 0 Å². The first-order valence-electron chi connectivity index (χ1n) is 8.08. The molecule has 0 spiro atoms. The fourth-order valence-electron chi connectivity index (χ4n) is 3.19.